The molecule has 1 atom stereocenters. The van der Waals surface area contributed by atoms with Crippen molar-refractivity contribution in [1.29, 1.82) is 0 Å². The van der Waals surface area contributed by atoms with Gasteiger partial charge in [0.15, 0.2) is 6.10 Å². The van der Waals surface area contributed by atoms with E-state index in [2.05, 4.69) is 93.7 Å². The molecule has 0 heterocycles. The largest absolute Gasteiger partial charge is 0.462 e. The third-order valence-electron chi connectivity index (χ3n) is 9.98. The molecule has 0 amide bonds. The second-order valence-electron chi connectivity index (χ2n) is 15.6. The van der Waals surface area contributed by atoms with Gasteiger partial charge in [-0.1, -0.05) is 203 Å². The highest BCUT2D eigenvalue weighted by Crippen LogP contribution is 2.14. The van der Waals surface area contributed by atoms with Gasteiger partial charge in [0.1, 0.15) is 13.2 Å². The lowest BCUT2D eigenvalue weighted by Gasteiger charge is -2.18. The highest BCUT2D eigenvalue weighted by molar-refractivity contribution is 5.71. The van der Waals surface area contributed by atoms with Crippen LogP contribution in [0.2, 0.25) is 0 Å². The van der Waals surface area contributed by atoms with E-state index < -0.39 is 6.10 Å². The van der Waals surface area contributed by atoms with Crippen LogP contribution in [0.1, 0.15) is 220 Å². The fourth-order valence-electron chi connectivity index (χ4n) is 6.38. The van der Waals surface area contributed by atoms with Crippen molar-refractivity contribution in [3.8, 4) is 0 Å². The van der Waals surface area contributed by atoms with E-state index in [-0.39, 0.29) is 31.1 Å². The van der Waals surface area contributed by atoms with Gasteiger partial charge in [0.2, 0.25) is 0 Å². The Morgan fingerprint density at radius 2 is 0.672 bits per heavy atom. The molecule has 0 saturated carbocycles. The predicted octanol–water partition coefficient (Wildman–Crippen LogP) is 15.5. The molecule has 1 unspecified atom stereocenters. The Balaban J connectivity index is 4.14. The first kappa shape index (κ1) is 54.9. The van der Waals surface area contributed by atoms with Crippen molar-refractivity contribution >= 4 is 17.9 Å². The van der Waals surface area contributed by atoms with Gasteiger partial charge in [-0.15, -0.1) is 0 Å². The average molecular weight is 809 g/mol. The lowest BCUT2D eigenvalue weighted by Crippen LogP contribution is -2.30. The second kappa shape index (κ2) is 46.5. The molecule has 0 aliphatic heterocycles. The standard InChI is InChI=1S/C52H88O6/c1-4-7-10-13-15-17-19-20-21-22-23-24-25-26-27-28-29-30-31-32-33-35-36-39-42-45-51(54)57-48-49(47-56-50(53)44-41-38-12-9-6-3)58-52(55)46-43-40-37-34-18-16-14-11-8-5-2/h7,10,15,17,20-21,23-24,26-27,29-30,49H,4-6,8-9,11-14,16,18-19,22,25,28,31-48H2,1-3H3/b10-7-,17-15-,21-20-,24-23-,27-26-,30-29-. The van der Waals surface area contributed by atoms with E-state index in [9.17, 15) is 14.4 Å². The molecule has 0 saturated heterocycles. The Labute approximate surface area is 357 Å². The van der Waals surface area contributed by atoms with Crippen molar-refractivity contribution in [2.45, 2.75) is 226 Å². The van der Waals surface area contributed by atoms with E-state index in [4.69, 9.17) is 14.2 Å². The molecule has 0 aliphatic rings. The number of allylic oxidation sites excluding steroid dienone is 12. The fourth-order valence-corrected chi connectivity index (χ4v) is 6.38. The maximum atomic E-state index is 12.6. The van der Waals surface area contributed by atoms with Crippen LogP contribution >= 0.6 is 0 Å². The smallest absolute Gasteiger partial charge is 0.306 e. The molecule has 0 radical (unpaired) electrons. The minimum absolute atomic E-state index is 0.0799. The van der Waals surface area contributed by atoms with Crippen molar-refractivity contribution in [2.75, 3.05) is 13.2 Å². The van der Waals surface area contributed by atoms with Gasteiger partial charge < -0.3 is 14.2 Å². The summed E-state index contributed by atoms with van der Waals surface area (Å²) >= 11 is 0. The Morgan fingerprint density at radius 1 is 0.362 bits per heavy atom. The molecular weight excluding hydrogens is 721 g/mol. The maximum Gasteiger partial charge on any atom is 0.306 e. The SMILES string of the molecule is CC/C=C\C/C=C\C/C=C\C/C=C\C/C=C\C/C=C\CCCCCCCCC(=O)OCC(COC(=O)CCCCCCC)OC(=O)CCCCCCCCCCCC. The van der Waals surface area contributed by atoms with E-state index in [1.54, 1.807) is 0 Å². The van der Waals surface area contributed by atoms with Crippen LogP contribution in [0.3, 0.4) is 0 Å². The van der Waals surface area contributed by atoms with Gasteiger partial charge in [0.05, 0.1) is 0 Å². The first-order valence-corrected chi connectivity index (χ1v) is 23.9. The summed E-state index contributed by atoms with van der Waals surface area (Å²) in [4.78, 5) is 37.5. The highest BCUT2D eigenvalue weighted by Gasteiger charge is 2.19. The summed E-state index contributed by atoms with van der Waals surface area (Å²) in [6.45, 7) is 6.40. The highest BCUT2D eigenvalue weighted by atomic mass is 16.6. The Kier molecular flexibility index (Phi) is 44.0. The van der Waals surface area contributed by atoms with Crippen molar-refractivity contribution in [3.63, 3.8) is 0 Å². The molecule has 0 aromatic carbocycles. The molecule has 0 spiro atoms. The van der Waals surface area contributed by atoms with Crippen LogP contribution in [0.15, 0.2) is 72.9 Å². The minimum Gasteiger partial charge on any atom is -0.462 e. The van der Waals surface area contributed by atoms with Crippen LogP contribution in [0.5, 0.6) is 0 Å². The van der Waals surface area contributed by atoms with Gasteiger partial charge in [-0.05, 0) is 70.6 Å². The van der Waals surface area contributed by atoms with Gasteiger partial charge in [-0.25, -0.2) is 0 Å². The molecule has 0 fully saturated rings. The zero-order chi connectivity index (χ0) is 42.3. The quantitative estimate of drug-likeness (QED) is 0.0264. The van der Waals surface area contributed by atoms with Gasteiger partial charge in [-0.3, -0.25) is 14.4 Å². The number of hydrogen-bond donors (Lipinski definition) is 0. The normalized spacial score (nSPS) is 12.7. The van der Waals surface area contributed by atoms with Gasteiger partial charge >= 0.3 is 17.9 Å². The molecule has 332 valence electrons. The van der Waals surface area contributed by atoms with Crippen molar-refractivity contribution in [3.05, 3.63) is 72.9 Å². The van der Waals surface area contributed by atoms with Crippen molar-refractivity contribution in [1.82, 2.24) is 0 Å². The fraction of sp³-hybridized carbons (Fsp3) is 0.712. The van der Waals surface area contributed by atoms with Crippen molar-refractivity contribution < 1.29 is 28.6 Å². The molecule has 58 heavy (non-hydrogen) atoms. The van der Waals surface area contributed by atoms with Gasteiger partial charge in [0.25, 0.3) is 0 Å². The molecule has 0 N–H and O–H groups in total. The van der Waals surface area contributed by atoms with Crippen LogP contribution in [0.4, 0.5) is 0 Å². The first-order chi connectivity index (χ1) is 28.5. The third kappa shape index (κ3) is 44.0. The van der Waals surface area contributed by atoms with E-state index >= 15 is 0 Å². The molecule has 0 aromatic heterocycles. The zero-order valence-electron chi connectivity index (χ0n) is 37.8. The average Bonchev–Trinajstić information content (AvgIpc) is 3.22. The first-order valence-electron chi connectivity index (χ1n) is 23.9. The number of hydrogen-bond acceptors (Lipinski definition) is 6. The molecule has 0 rings (SSSR count). The Bertz CT molecular complexity index is 1110. The zero-order valence-corrected chi connectivity index (χ0v) is 37.8. The van der Waals surface area contributed by atoms with Crippen molar-refractivity contribution in [2.24, 2.45) is 0 Å². The van der Waals surface area contributed by atoms with Crippen LogP contribution in [-0.2, 0) is 28.6 Å². The summed E-state index contributed by atoms with van der Waals surface area (Å²) in [6.07, 6.45) is 57.8. The Morgan fingerprint density at radius 3 is 1.05 bits per heavy atom. The number of rotatable bonds is 42. The van der Waals surface area contributed by atoms with E-state index in [0.29, 0.717) is 19.3 Å². The maximum absolute atomic E-state index is 12.6. The molecule has 6 heteroatoms. The van der Waals surface area contributed by atoms with E-state index in [1.165, 1.54) is 70.6 Å². The van der Waals surface area contributed by atoms with E-state index in [1.807, 2.05) is 0 Å². The van der Waals surface area contributed by atoms with Crippen LogP contribution in [0.25, 0.3) is 0 Å². The molecule has 0 aliphatic carbocycles. The summed E-state index contributed by atoms with van der Waals surface area (Å²) in [5.74, 6) is -0.913. The number of unbranched alkanes of at least 4 members (excludes halogenated alkanes) is 19. The summed E-state index contributed by atoms with van der Waals surface area (Å²) in [5, 5.41) is 0. The second-order valence-corrected chi connectivity index (χ2v) is 15.6. The monoisotopic (exact) mass is 809 g/mol. The van der Waals surface area contributed by atoms with Gasteiger partial charge in [0, 0.05) is 19.3 Å². The summed E-state index contributed by atoms with van der Waals surface area (Å²) < 4.78 is 16.6. The van der Waals surface area contributed by atoms with Crippen LogP contribution in [0, 0.1) is 0 Å². The molecule has 0 bridgehead atoms. The third-order valence-corrected chi connectivity index (χ3v) is 9.98. The van der Waals surface area contributed by atoms with Gasteiger partial charge in [-0.2, -0.15) is 0 Å². The van der Waals surface area contributed by atoms with E-state index in [0.717, 1.165) is 109 Å². The Hall–Kier alpha value is -3.15. The summed E-state index contributed by atoms with van der Waals surface area (Å²) in [6, 6.07) is 0. The lowest BCUT2D eigenvalue weighted by molar-refractivity contribution is -0.167. The summed E-state index contributed by atoms with van der Waals surface area (Å²) in [7, 11) is 0. The molecule has 6 nitrogen and oxygen atoms in total. The number of carbonyl (C=O) groups is 3. The predicted molar refractivity (Wildman–Crippen MR) is 247 cm³/mol. The van der Waals surface area contributed by atoms with Crippen LogP contribution < -0.4 is 0 Å². The molecule has 0 aromatic rings. The number of ether oxygens (including phenoxy) is 3. The number of carbonyl (C=O) groups excluding carboxylic acids is 3. The topological polar surface area (TPSA) is 78.9 Å². The minimum atomic E-state index is -0.773. The summed E-state index contributed by atoms with van der Waals surface area (Å²) in [5.41, 5.74) is 0. The number of esters is 3. The lowest BCUT2D eigenvalue weighted by atomic mass is 10.1. The van der Waals surface area contributed by atoms with Crippen LogP contribution in [-0.4, -0.2) is 37.2 Å². The molecular formula is C52H88O6.